The van der Waals surface area contributed by atoms with Crippen molar-refractivity contribution in [3.05, 3.63) is 35.4 Å². The molecule has 5 nitrogen and oxygen atoms in total. The first-order valence-corrected chi connectivity index (χ1v) is 7.64. The zero-order valence-electron chi connectivity index (χ0n) is 11.0. The van der Waals surface area contributed by atoms with E-state index in [1.807, 2.05) is 19.9 Å². The lowest BCUT2D eigenvalue weighted by Crippen LogP contribution is -2.35. The highest BCUT2D eigenvalue weighted by molar-refractivity contribution is 7.88. The highest BCUT2D eigenvalue weighted by Gasteiger charge is 2.17. The number of rotatable bonds is 6. The second-order valence-corrected chi connectivity index (χ2v) is 6.49. The van der Waals surface area contributed by atoms with Crippen molar-refractivity contribution in [1.82, 2.24) is 4.72 Å². The molecule has 0 heterocycles. The monoisotopic (exact) mass is 282 g/mol. The van der Waals surface area contributed by atoms with E-state index in [1.54, 1.807) is 24.3 Å². The maximum Gasteiger partial charge on any atom is 0.215 e. The Morgan fingerprint density at radius 2 is 2.00 bits per heavy atom. The van der Waals surface area contributed by atoms with Crippen molar-refractivity contribution in [2.45, 2.75) is 25.7 Å². The number of nitriles is 1. The van der Waals surface area contributed by atoms with Crippen LogP contribution in [-0.2, 0) is 15.8 Å². The fraction of sp³-hybridized carbons (Fsp3) is 0.462. The first-order chi connectivity index (χ1) is 8.85. The van der Waals surface area contributed by atoms with Crippen LogP contribution in [0.3, 0.4) is 0 Å². The second kappa shape index (κ2) is 6.66. The molecular weight excluding hydrogens is 264 g/mol. The molecule has 0 radical (unpaired) electrons. The zero-order chi connectivity index (χ0) is 14.5. The second-order valence-electron chi connectivity index (χ2n) is 4.69. The Morgan fingerprint density at radius 3 is 2.58 bits per heavy atom. The third-order valence-electron chi connectivity index (χ3n) is 2.77. The average molecular weight is 282 g/mol. The number of hydrogen-bond acceptors (Lipinski definition) is 4. The van der Waals surface area contributed by atoms with Crippen LogP contribution in [0.2, 0.25) is 0 Å². The number of hydrogen-bond donors (Lipinski definition) is 2. The van der Waals surface area contributed by atoms with Gasteiger partial charge in [-0.15, -0.1) is 0 Å². The summed E-state index contributed by atoms with van der Waals surface area (Å²) < 4.78 is 26.1. The summed E-state index contributed by atoms with van der Waals surface area (Å²) in [6.07, 6.45) is -0.721. The molecule has 104 valence electrons. The maximum atomic E-state index is 11.9. The van der Waals surface area contributed by atoms with E-state index in [4.69, 9.17) is 5.26 Å². The van der Waals surface area contributed by atoms with E-state index in [0.29, 0.717) is 11.1 Å². The van der Waals surface area contributed by atoms with Crippen molar-refractivity contribution in [3.63, 3.8) is 0 Å². The third-order valence-corrected chi connectivity index (χ3v) is 4.06. The molecule has 2 N–H and O–H groups in total. The molecule has 0 amide bonds. The minimum Gasteiger partial charge on any atom is -0.391 e. The lowest BCUT2D eigenvalue weighted by molar-refractivity contribution is 0.129. The van der Waals surface area contributed by atoms with Gasteiger partial charge in [-0.2, -0.15) is 5.26 Å². The van der Waals surface area contributed by atoms with Gasteiger partial charge in [0.05, 0.1) is 23.5 Å². The fourth-order valence-electron chi connectivity index (χ4n) is 1.46. The summed E-state index contributed by atoms with van der Waals surface area (Å²) in [6, 6.07) is 8.52. The smallest absolute Gasteiger partial charge is 0.215 e. The van der Waals surface area contributed by atoms with Gasteiger partial charge in [0.1, 0.15) is 0 Å². The van der Waals surface area contributed by atoms with Crippen molar-refractivity contribution in [2.75, 3.05) is 6.54 Å². The van der Waals surface area contributed by atoms with Crippen molar-refractivity contribution >= 4 is 10.0 Å². The molecule has 6 heteroatoms. The molecule has 0 saturated heterocycles. The van der Waals surface area contributed by atoms with Gasteiger partial charge in [0.15, 0.2) is 0 Å². The summed E-state index contributed by atoms with van der Waals surface area (Å²) in [5.41, 5.74) is 0.800. The number of nitrogens with one attached hydrogen (secondary N) is 1. The van der Waals surface area contributed by atoms with Crippen LogP contribution in [0, 0.1) is 17.2 Å². The van der Waals surface area contributed by atoms with Gasteiger partial charge in [0.25, 0.3) is 0 Å². The first-order valence-electron chi connectivity index (χ1n) is 5.99. The van der Waals surface area contributed by atoms with Gasteiger partial charge in [-0.1, -0.05) is 32.0 Å². The Morgan fingerprint density at radius 1 is 1.37 bits per heavy atom. The van der Waals surface area contributed by atoms with Gasteiger partial charge in [0, 0.05) is 6.54 Å². The van der Waals surface area contributed by atoms with Crippen LogP contribution in [0.4, 0.5) is 0 Å². The van der Waals surface area contributed by atoms with Crippen LogP contribution in [0.1, 0.15) is 25.0 Å². The normalized spacial score (nSPS) is 13.2. The minimum absolute atomic E-state index is 0.0191. The van der Waals surface area contributed by atoms with E-state index in [9.17, 15) is 13.5 Å². The highest BCUT2D eigenvalue weighted by Crippen LogP contribution is 2.11. The minimum atomic E-state index is -3.56. The first kappa shape index (κ1) is 15.6. The molecule has 1 aromatic rings. The van der Waals surface area contributed by atoms with Crippen LogP contribution in [0.25, 0.3) is 0 Å². The Bertz CT molecular complexity index is 561. The molecule has 0 spiro atoms. The third kappa shape index (κ3) is 4.99. The van der Waals surface area contributed by atoms with E-state index >= 15 is 0 Å². The molecule has 1 atom stereocenters. The predicted molar refractivity (Wildman–Crippen MR) is 72.6 cm³/mol. The Balaban J connectivity index is 2.73. The molecule has 0 aliphatic heterocycles. The lowest BCUT2D eigenvalue weighted by atomic mass is 10.1. The largest absolute Gasteiger partial charge is 0.391 e. The molecule has 0 aromatic heterocycles. The van der Waals surface area contributed by atoms with Crippen molar-refractivity contribution < 1.29 is 13.5 Å². The summed E-state index contributed by atoms with van der Waals surface area (Å²) >= 11 is 0. The van der Waals surface area contributed by atoms with Gasteiger partial charge in [-0.25, -0.2) is 13.1 Å². The van der Waals surface area contributed by atoms with Crippen LogP contribution in [0.5, 0.6) is 0 Å². The lowest BCUT2D eigenvalue weighted by Gasteiger charge is -2.15. The van der Waals surface area contributed by atoms with E-state index in [1.165, 1.54) is 0 Å². The molecular formula is C13H18N2O3S. The standard InChI is InChI=1S/C13H18N2O3S/c1-10(2)13(16)8-15-19(17,18)9-12-6-4-3-5-11(12)7-14/h3-6,10,13,15-16H,8-9H2,1-2H3. The number of nitrogens with zero attached hydrogens (tertiary/aromatic N) is 1. The van der Waals surface area contributed by atoms with Gasteiger partial charge in [0.2, 0.25) is 10.0 Å². The fourth-order valence-corrected chi connectivity index (χ4v) is 2.65. The van der Waals surface area contributed by atoms with E-state index in [-0.39, 0.29) is 18.2 Å². The number of benzene rings is 1. The molecule has 19 heavy (non-hydrogen) atoms. The molecule has 0 saturated carbocycles. The zero-order valence-corrected chi connectivity index (χ0v) is 11.8. The molecule has 1 rings (SSSR count). The summed E-state index contributed by atoms with van der Waals surface area (Å²) in [6.45, 7) is 3.60. The maximum absolute atomic E-state index is 11.9. The summed E-state index contributed by atoms with van der Waals surface area (Å²) in [5.74, 6) is -0.282. The van der Waals surface area contributed by atoms with Crippen LogP contribution < -0.4 is 4.72 Å². The molecule has 0 fully saturated rings. The van der Waals surface area contributed by atoms with E-state index < -0.39 is 16.1 Å². The van der Waals surface area contributed by atoms with Crippen molar-refractivity contribution in [1.29, 1.82) is 5.26 Å². The highest BCUT2D eigenvalue weighted by atomic mass is 32.2. The SMILES string of the molecule is CC(C)C(O)CNS(=O)(=O)Cc1ccccc1C#N. The molecule has 0 bridgehead atoms. The number of sulfonamides is 1. The van der Waals surface area contributed by atoms with Crippen LogP contribution in [0.15, 0.2) is 24.3 Å². The Hall–Kier alpha value is -1.42. The van der Waals surface area contributed by atoms with Gasteiger partial charge in [-0.3, -0.25) is 0 Å². The van der Waals surface area contributed by atoms with Crippen molar-refractivity contribution in [3.8, 4) is 6.07 Å². The quantitative estimate of drug-likeness (QED) is 0.814. The van der Waals surface area contributed by atoms with E-state index in [2.05, 4.69) is 4.72 Å². The Kier molecular flexibility index (Phi) is 5.48. The molecule has 0 aliphatic rings. The number of aliphatic hydroxyl groups excluding tert-OH is 1. The Labute approximate surface area is 113 Å². The van der Waals surface area contributed by atoms with E-state index in [0.717, 1.165) is 0 Å². The summed E-state index contributed by atoms with van der Waals surface area (Å²) in [7, 11) is -3.56. The molecule has 1 aromatic carbocycles. The summed E-state index contributed by atoms with van der Waals surface area (Å²) in [5, 5.41) is 18.5. The predicted octanol–water partition coefficient (Wildman–Crippen LogP) is 0.995. The van der Waals surface area contributed by atoms with Crippen LogP contribution >= 0.6 is 0 Å². The van der Waals surface area contributed by atoms with Crippen LogP contribution in [-0.4, -0.2) is 26.2 Å². The number of aliphatic hydroxyl groups is 1. The molecule has 1 unspecified atom stereocenters. The summed E-state index contributed by atoms with van der Waals surface area (Å²) in [4.78, 5) is 0. The van der Waals surface area contributed by atoms with Gasteiger partial charge < -0.3 is 5.11 Å². The molecule has 0 aliphatic carbocycles. The van der Waals surface area contributed by atoms with Gasteiger partial charge in [-0.05, 0) is 17.5 Å². The average Bonchev–Trinajstić information content (AvgIpc) is 2.36. The topological polar surface area (TPSA) is 90.2 Å². The van der Waals surface area contributed by atoms with Gasteiger partial charge >= 0.3 is 0 Å². The van der Waals surface area contributed by atoms with Crippen molar-refractivity contribution in [2.24, 2.45) is 5.92 Å².